The summed E-state index contributed by atoms with van der Waals surface area (Å²) in [7, 11) is -2.87. The second-order valence-corrected chi connectivity index (χ2v) is 8.24. The normalized spacial score (nSPS) is 13.3. The van der Waals surface area contributed by atoms with Crippen LogP contribution in [0.25, 0.3) is 0 Å². The Morgan fingerprint density at radius 2 is 1.86 bits per heavy atom. The predicted octanol–water partition coefficient (Wildman–Crippen LogP) is 3.64. The minimum atomic E-state index is -2.87. The van der Waals surface area contributed by atoms with Crippen LogP contribution in [-0.4, -0.2) is 33.0 Å². The minimum Gasteiger partial charge on any atom is -0.316 e. The van der Waals surface area contributed by atoms with Gasteiger partial charge in [0.25, 0.3) is 0 Å². The van der Waals surface area contributed by atoms with Crippen LogP contribution >= 0.6 is 11.6 Å². The summed E-state index contributed by atoms with van der Waals surface area (Å²) in [5, 5.41) is 4.16. The van der Waals surface area contributed by atoms with Crippen molar-refractivity contribution in [1.82, 2.24) is 5.32 Å². The van der Waals surface area contributed by atoms with Crippen LogP contribution in [-0.2, 0) is 9.84 Å². The van der Waals surface area contributed by atoms with Gasteiger partial charge in [-0.2, -0.15) is 0 Å². The lowest BCUT2D eigenvalue weighted by atomic mass is 9.94. The van der Waals surface area contributed by atoms with E-state index in [0.29, 0.717) is 12.3 Å². The summed E-state index contributed by atoms with van der Waals surface area (Å²) < 4.78 is 23.2. The summed E-state index contributed by atoms with van der Waals surface area (Å²) in [6.07, 6.45) is 2.67. The lowest BCUT2D eigenvalue weighted by molar-refractivity contribution is 0.538. The fraction of sp³-hybridized carbons (Fsp3) is 0.625. The molecule has 0 fully saturated rings. The number of halogens is 1. The maximum Gasteiger partial charge on any atom is 0.150 e. The first-order valence-electron chi connectivity index (χ1n) is 7.65. The Hall–Kier alpha value is -0.580. The molecule has 0 aromatic heterocycles. The largest absolute Gasteiger partial charge is 0.316 e. The monoisotopic (exact) mass is 331 g/mol. The molecule has 0 saturated heterocycles. The first kappa shape index (κ1) is 18.5. The summed E-state index contributed by atoms with van der Waals surface area (Å²) in [5.74, 6) is 0.842. The van der Waals surface area contributed by atoms with Crippen molar-refractivity contribution in [3.63, 3.8) is 0 Å². The highest BCUT2D eigenvalue weighted by molar-refractivity contribution is 7.91. The summed E-state index contributed by atoms with van der Waals surface area (Å²) in [4.78, 5) is 0. The molecule has 5 heteroatoms. The van der Waals surface area contributed by atoms with Crippen molar-refractivity contribution in [3.05, 3.63) is 34.9 Å². The average molecular weight is 332 g/mol. The van der Waals surface area contributed by atoms with Gasteiger partial charge < -0.3 is 5.32 Å². The zero-order valence-electron chi connectivity index (χ0n) is 12.9. The highest BCUT2D eigenvalue weighted by Crippen LogP contribution is 2.23. The molecule has 1 atom stereocenters. The summed E-state index contributed by atoms with van der Waals surface area (Å²) in [6, 6.07) is 7.86. The van der Waals surface area contributed by atoms with E-state index in [1.807, 2.05) is 24.3 Å². The Kier molecular flexibility index (Phi) is 8.30. The van der Waals surface area contributed by atoms with E-state index in [1.165, 1.54) is 5.56 Å². The quantitative estimate of drug-likeness (QED) is 0.666. The van der Waals surface area contributed by atoms with E-state index in [2.05, 4.69) is 12.2 Å². The molecule has 0 radical (unpaired) electrons. The smallest absolute Gasteiger partial charge is 0.150 e. The van der Waals surface area contributed by atoms with Crippen molar-refractivity contribution in [1.29, 1.82) is 0 Å². The van der Waals surface area contributed by atoms with Gasteiger partial charge in [-0.3, -0.25) is 0 Å². The number of benzene rings is 1. The van der Waals surface area contributed by atoms with Crippen molar-refractivity contribution in [2.24, 2.45) is 0 Å². The molecule has 1 aromatic carbocycles. The lowest BCUT2D eigenvalue weighted by Gasteiger charge is -2.18. The molecule has 0 amide bonds. The van der Waals surface area contributed by atoms with E-state index in [0.717, 1.165) is 31.0 Å². The zero-order chi connectivity index (χ0) is 15.7. The lowest BCUT2D eigenvalue weighted by Crippen LogP contribution is -2.23. The van der Waals surface area contributed by atoms with Gasteiger partial charge in [-0.15, -0.1) is 0 Å². The second kappa shape index (κ2) is 9.44. The van der Waals surface area contributed by atoms with Crippen LogP contribution in [0.5, 0.6) is 0 Å². The van der Waals surface area contributed by atoms with E-state index in [1.54, 1.807) is 6.92 Å². The van der Waals surface area contributed by atoms with Gasteiger partial charge in [0, 0.05) is 17.3 Å². The van der Waals surface area contributed by atoms with E-state index >= 15 is 0 Å². The van der Waals surface area contributed by atoms with Crippen LogP contribution < -0.4 is 5.32 Å². The van der Waals surface area contributed by atoms with Gasteiger partial charge in [-0.1, -0.05) is 37.6 Å². The molecular weight excluding hydrogens is 306 g/mol. The van der Waals surface area contributed by atoms with E-state index in [4.69, 9.17) is 11.6 Å². The summed E-state index contributed by atoms with van der Waals surface area (Å²) in [5.41, 5.74) is 1.22. The van der Waals surface area contributed by atoms with Crippen molar-refractivity contribution in [3.8, 4) is 0 Å². The Morgan fingerprint density at radius 1 is 1.19 bits per heavy atom. The van der Waals surface area contributed by atoms with Crippen LogP contribution in [0.15, 0.2) is 24.3 Å². The molecule has 0 aliphatic heterocycles. The van der Waals surface area contributed by atoms with E-state index in [-0.39, 0.29) is 11.5 Å². The third-order valence-electron chi connectivity index (χ3n) is 3.61. The Balaban J connectivity index is 2.62. The fourth-order valence-electron chi connectivity index (χ4n) is 2.27. The standard InChI is InChI=1S/C16H26ClNO2S/c1-3-11-18-13-15(6-5-12-21(19,20)4-2)14-7-9-16(17)10-8-14/h7-10,15,18H,3-6,11-13H2,1-2H3. The minimum absolute atomic E-state index is 0.229. The molecule has 0 saturated carbocycles. The van der Waals surface area contributed by atoms with Crippen LogP contribution in [0.3, 0.4) is 0 Å². The zero-order valence-corrected chi connectivity index (χ0v) is 14.5. The Morgan fingerprint density at radius 3 is 2.43 bits per heavy atom. The first-order chi connectivity index (χ1) is 9.98. The van der Waals surface area contributed by atoms with Gasteiger partial charge in [0.1, 0.15) is 9.84 Å². The molecule has 3 nitrogen and oxygen atoms in total. The van der Waals surface area contributed by atoms with Crippen LogP contribution in [0, 0.1) is 0 Å². The summed E-state index contributed by atoms with van der Waals surface area (Å²) >= 11 is 5.93. The van der Waals surface area contributed by atoms with Crippen molar-refractivity contribution in [2.45, 2.75) is 39.0 Å². The SMILES string of the molecule is CCCNCC(CCCS(=O)(=O)CC)c1ccc(Cl)cc1. The van der Waals surface area contributed by atoms with Crippen molar-refractivity contribution < 1.29 is 8.42 Å². The van der Waals surface area contributed by atoms with Gasteiger partial charge in [-0.25, -0.2) is 8.42 Å². The number of hydrogen-bond donors (Lipinski definition) is 1. The number of sulfone groups is 1. The Labute approximate surface area is 134 Å². The van der Waals surface area contributed by atoms with E-state index < -0.39 is 9.84 Å². The molecule has 1 unspecified atom stereocenters. The molecule has 120 valence electrons. The summed E-state index contributed by atoms with van der Waals surface area (Å²) in [6.45, 7) is 5.70. The highest BCUT2D eigenvalue weighted by Gasteiger charge is 2.14. The van der Waals surface area contributed by atoms with Crippen LogP contribution in [0.1, 0.15) is 44.6 Å². The van der Waals surface area contributed by atoms with Gasteiger partial charge in [0.15, 0.2) is 0 Å². The predicted molar refractivity (Wildman–Crippen MR) is 90.9 cm³/mol. The molecular formula is C16H26ClNO2S. The van der Waals surface area contributed by atoms with E-state index in [9.17, 15) is 8.42 Å². The maximum absolute atomic E-state index is 11.6. The Bertz CT molecular complexity index is 500. The van der Waals surface area contributed by atoms with Gasteiger partial charge in [0.05, 0.1) is 5.75 Å². The fourth-order valence-corrected chi connectivity index (χ4v) is 3.29. The third kappa shape index (κ3) is 7.30. The number of nitrogens with one attached hydrogen (secondary N) is 1. The van der Waals surface area contributed by atoms with Crippen LogP contribution in [0.2, 0.25) is 5.02 Å². The molecule has 0 heterocycles. The number of hydrogen-bond acceptors (Lipinski definition) is 3. The van der Waals surface area contributed by atoms with Crippen LogP contribution in [0.4, 0.5) is 0 Å². The van der Waals surface area contributed by atoms with Crippen molar-refractivity contribution in [2.75, 3.05) is 24.6 Å². The molecule has 21 heavy (non-hydrogen) atoms. The topological polar surface area (TPSA) is 46.2 Å². The second-order valence-electron chi connectivity index (χ2n) is 5.33. The van der Waals surface area contributed by atoms with Gasteiger partial charge in [-0.05, 0) is 49.4 Å². The third-order valence-corrected chi connectivity index (χ3v) is 5.65. The molecule has 0 aliphatic rings. The van der Waals surface area contributed by atoms with Gasteiger partial charge in [0.2, 0.25) is 0 Å². The number of rotatable bonds is 10. The molecule has 0 bridgehead atoms. The maximum atomic E-state index is 11.6. The molecule has 1 N–H and O–H groups in total. The highest BCUT2D eigenvalue weighted by atomic mass is 35.5. The molecule has 1 rings (SSSR count). The van der Waals surface area contributed by atoms with Crippen molar-refractivity contribution >= 4 is 21.4 Å². The average Bonchev–Trinajstić information content (AvgIpc) is 2.47. The first-order valence-corrected chi connectivity index (χ1v) is 9.85. The molecule has 1 aromatic rings. The van der Waals surface area contributed by atoms with Gasteiger partial charge >= 0.3 is 0 Å². The molecule has 0 spiro atoms. The molecule has 0 aliphatic carbocycles.